The molecule has 3 heteroatoms. The Morgan fingerprint density at radius 1 is 1.43 bits per heavy atom. The lowest BCUT2D eigenvalue weighted by Crippen LogP contribution is -2.08. The Morgan fingerprint density at radius 3 is 2.64 bits per heavy atom. The van der Waals surface area contributed by atoms with Crippen molar-refractivity contribution in [1.82, 2.24) is 0 Å². The van der Waals surface area contributed by atoms with E-state index in [1.807, 2.05) is 0 Å². The van der Waals surface area contributed by atoms with Gasteiger partial charge in [0.2, 0.25) is 0 Å². The highest BCUT2D eigenvalue weighted by molar-refractivity contribution is 4.93. The quantitative estimate of drug-likeness (QED) is 0.456. The van der Waals surface area contributed by atoms with Crippen LogP contribution in [0.1, 0.15) is 32.1 Å². The number of hydrogen-bond donors (Lipinski definition) is 0. The van der Waals surface area contributed by atoms with E-state index < -0.39 is 6.43 Å². The molecule has 0 heterocycles. The van der Waals surface area contributed by atoms with Crippen molar-refractivity contribution in [1.29, 1.82) is 0 Å². The predicted octanol–water partition coefficient (Wildman–Crippen LogP) is 3.40. The summed E-state index contributed by atoms with van der Waals surface area (Å²) in [6.07, 6.45) is 5.57. The highest BCUT2D eigenvalue weighted by Crippen LogP contribution is 2.49. The molecule has 0 N–H and O–H groups in total. The van der Waals surface area contributed by atoms with Gasteiger partial charge in [0.25, 0.3) is 6.43 Å². The number of halogens is 2. The van der Waals surface area contributed by atoms with E-state index in [2.05, 4.69) is 0 Å². The maximum atomic E-state index is 11.7. The molecule has 1 aliphatic carbocycles. The number of alkyl halides is 2. The first-order valence-corrected chi connectivity index (χ1v) is 5.12. The van der Waals surface area contributed by atoms with E-state index in [4.69, 9.17) is 4.74 Å². The molecule has 0 saturated heterocycles. The molecule has 1 fully saturated rings. The minimum atomic E-state index is -2.30. The van der Waals surface area contributed by atoms with Gasteiger partial charge < -0.3 is 4.74 Å². The van der Waals surface area contributed by atoms with E-state index in [-0.39, 0.29) is 0 Å². The molecule has 1 saturated carbocycles. The van der Waals surface area contributed by atoms with Crippen molar-refractivity contribution in [3.05, 3.63) is 12.2 Å². The first-order chi connectivity index (χ1) is 6.68. The van der Waals surface area contributed by atoms with Crippen LogP contribution in [0.2, 0.25) is 0 Å². The Kier molecular flexibility index (Phi) is 4.52. The number of rotatable bonds is 7. The molecule has 0 radical (unpaired) electrons. The summed E-state index contributed by atoms with van der Waals surface area (Å²) < 4.78 is 28.6. The number of methoxy groups -OCH3 is 1. The fourth-order valence-corrected chi connectivity index (χ4v) is 1.74. The van der Waals surface area contributed by atoms with Crippen LogP contribution in [0.3, 0.4) is 0 Å². The topological polar surface area (TPSA) is 9.23 Å². The lowest BCUT2D eigenvalue weighted by molar-refractivity contribution is 0.135. The molecular weight excluding hydrogens is 186 g/mol. The van der Waals surface area contributed by atoms with Crippen molar-refractivity contribution in [2.45, 2.75) is 38.5 Å². The van der Waals surface area contributed by atoms with Crippen molar-refractivity contribution in [2.75, 3.05) is 13.7 Å². The molecule has 82 valence electrons. The van der Waals surface area contributed by atoms with Crippen LogP contribution in [-0.2, 0) is 4.74 Å². The monoisotopic (exact) mass is 204 g/mol. The smallest absolute Gasteiger partial charge is 0.257 e. The van der Waals surface area contributed by atoms with Gasteiger partial charge in [-0.15, -0.1) is 0 Å². The number of ether oxygens (including phenoxy) is 1. The molecule has 14 heavy (non-hydrogen) atoms. The molecule has 1 nitrogen and oxygen atoms in total. The van der Waals surface area contributed by atoms with E-state index in [9.17, 15) is 8.78 Å². The van der Waals surface area contributed by atoms with Gasteiger partial charge in [0.05, 0.1) is 6.61 Å². The van der Waals surface area contributed by atoms with Crippen LogP contribution in [0.25, 0.3) is 0 Å². The van der Waals surface area contributed by atoms with E-state index in [1.165, 1.54) is 12.8 Å². The van der Waals surface area contributed by atoms with E-state index in [1.54, 1.807) is 13.2 Å². The average Bonchev–Trinajstić information content (AvgIpc) is 2.85. The molecule has 0 aromatic heterocycles. The van der Waals surface area contributed by atoms with Gasteiger partial charge in [-0.2, -0.15) is 0 Å². The Hall–Kier alpha value is -0.440. The molecule has 1 rings (SSSR count). The molecule has 0 unspecified atom stereocenters. The van der Waals surface area contributed by atoms with Gasteiger partial charge >= 0.3 is 0 Å². The number of unbranched alkanes of at least 4 members (excludes halogenated alkanes) is 1. The Labute approximate surface area is 84.1 Å². The standard InChI is InChI=1S/C11H18F2O/c1-14-9-11(7-8-11)6-4-2-3-5-10(12)13/h3,5,10H,2,4,6-9H2,1H3. The Balaban J connectivity index is 2.04. The zero-order chi connectivity index (χ0) is 10.4. The van der Waals surface area contributed by atoms with Crippen LogP contribution in [0.4, 0.5) is 8.78 Å². The summed E-state index contributed by atoms with van der Waals surface area (Å²) in [5.41, 5.74) is 0.396. The summed E-state index contributed by atoms with van der Waals surface area (Å²) in [7, 11) is 1.72. The summed E-state index contributed by atoms with van der Waals surface area (Å²) in [5.74, 6) is 0. The molecule has 0 aliphatic heterocycles. The normalized spacial score (nSPS) is 19.4. The zero-order valence-electron chi connectivity index (χ0n) is 8.64. The lowest BCUT2D eigenvalue weighted by Gasteiger charge is -2.12. The molecule has 0 bridgehead atoms. The van der Waals surface area contributed by atoms with Crippen molar-refractivity contribution in [2.24, 2.45) is 5.41 Å². The van der Waals surface area contributed by atoms with Crippen molar-refractivity contribution >= 4 is 0 Å². The third kappa shape index (κ3) is 4.18. The van der Waals surface area contributed by atoms with Gasteiger partial charge in [0.15, 0.2) is 0 Å². The summed E-state index contributed by atoms with van der Waals surface area (Å²) >= 11 is 0. The molecule has 1 aliphatic rings. The molecule has 0 aromatic rings. The molecule has 0 atom stereocenters. The average molecular weight is 204 g/mol. The molecule has 0 aromatic carbocycles. The highest BCUT2D eigenvalue weighted by Gasteiger charge is 2.41. The summed E-state index contributed by atoms with van der Waals surface area (Å²) in [4.78, 5) is 0. The van der Waals surface area contributed by atoms with Crippen LogP contribution < -0.4 is 0 Å². The molecule has 0 amide bonds. The zero-order valence-corrected chi connectivity index (χ0v) is 8.64. The number of hydrogen-bond acceptors (Lipinski definition) is 1. The van der Waals surface area contributed by atoms with Gasteiger partial charge in [-0.3, -0.25) is 0 Å². The van der Waals surface area contributed by atoms with Gasteiger partial charge in [0, 0.05) is 7.11 Å². The maximum Gasteiger partial charge on any atom is 0.257 e. The molecular formula is C11H18F2O. The lowest BCUT2D eigenvalue weighted by atomic mass is 10.00. The SMILES string of the molecule is COCC1(CCCC=CC(F)F)CC1. The van der Waals surface area contributed by atoms with Crippen molar-refractivity contribution in [3.8, 4) is 0 Å². The minimum absolute atomic E-state index is 0.396. The summed E-state index contributed by atoms with van der Waals surface area (Å²) in [6.45, 7) is 0.825. The third-order valence-corrected chi connectivity index (χ3v) is 2.77. The second-order valence-corrected chi connectivity index (χ2v) is 4.09. The van der Waals surface area contributed by atoms with Crippen LogP contribution >= 0.6 is 0 Å². The van der Waals surface area contributed by atoms with Crippen LogP contribution in [0.15, 0.2) is 12.2 Å². The summed E-state index contributed by atoms with van der Waals surface area (Å²) in [5, 5.41) is 0. The van der Waals surface area contributed by atoms with Crippen LogP contribution in [-0.4, -0.2) is 20.1 Å². The van der Waals surface area contributed by atoms with Gasteiger partial charge in [0.1, 0.15) is 0 Å². The third-order valence-electron chi connectivity index (χ3n) is 2.77. The van der Waals surface area contributed by atoms with Gasteiger partial charge in [-0.05, 0) is 43.6 Å². The van der Waals surface area contributed by atoms with E-state index >= 15 is 0 Å². The van der Waals surface area contributed by atoms with Crippen LogP contribution in [0.5, 0.6) is 0 Å². The molecule has 0 spiro atoms. The Bertz CT molecular complexity index is 186. The van der Waals surface area contributed by atoms with Gasteiger partial charge in [-0.25, -0.2) is 8.78 Å². The second-order valence-electron chi connectivity index (χ2n) is 4.09. The maximum absolute atomic E-state index is 11.7. The fraction of sp³-hybridized carbons (Fsp3) is 0.818. The first-order valence-electron chi connectivity index (χ1n) is 5.12. The van der Waals surface area contributed by atoms with E-state index in [0.29, 0.717) is 5.41 Å². The summed E-state index contributed by atoms with van der Waals surface area (Å²) in [6, 6.07) is 0. The first kappa shape index (κ1) is 11.6. The minimum Gasteiger partial charge on any atom is -0.384 e. The van der Waals surface area contributed by atoms with E-state index in [0.717, 1.165) is 31.9 Å². The van der Waals surface area contributed by atoms with Gasteiger partial charge in [-0.1, -0.05) is 6.08 Å². The number of allylic oxidation sites excluding steroid dienone is 2. The highest BCUT2D eigenvalue weighted by atomic mass is 19.3. The van der Waals surface area contributed by atoms with Crippen molar-refractivity contribution < 1.29 is 13.5 Å². The fourth-order valence-electron chi connectivity index (χ4n) is 1.74. The van der Waals surface area contributed by atoms with Crippen molar-refractivity contribution in [3.63, 3.8) is 0 Å². The largest absolute Gasteiger partial charge is 0.384 e. The second kappa shape index (κ2) is 5.44. The Morgan fingerprint density at radius 2 is 2.14 bits per heavy atom. The predicted molar refractivity (Wildman–Crippen MR) is 52.5 cm³/mol. The van der Waals surface area contributed by atoms with Crippen LogP contribution in [0, 0.1) is 5.41 Å².